The van der Waals surface area contributed by atoms with E-state index in [1.165, 1.54) is 32.3 Å². The predicted molar refractivity (Wildman–Crippen MR) is 72.1 cm³/mol. The van der Waals surface area contributed by atoms with Crippen LogP contribution in [-0.4, -0.2) is 47.7 Å². The zero-order valence-corrected chi connectivity index (χ0v) is 11.4. The molecule has 5 nitrogen and oxygen atoms in total. The summed E-state index contributed by atoms with van der Waals surface area (Å²) in [5.41, 5.74) is 0.966. The van der Waals surface area contributed by atoms with Gasteiger partial charge in [-0.05, 0) is 39.8 Å². The molecule has 2 heterocycles. The van der Waals surface area contributed by atoms with Gasteiger partial charge in [0.05, 0.1) is 12.7 Å². The number of aromatic nitrogens is 2. The highest BCUT2D eigenvalue weighted by Crippen LogP contribution is 2.20. The van der Waals surface area contributed by atoms with Crippen molar-refractivity contribution < 1.29 is 4.74 Å². The topological polar surface area (TPSA) is 50.3 Å². The molecule has 2 rings (SSSR count). The van der Waals surface area contributed by atoms with E-state index >= 15 is 0 Å². The quantitative estimate of drug-likeness (QED) is 0.862. The second kappa shape index (κ2) is 6.00. The molecule has 0 amide bonds. The maximum atomic E-state index is 5.20. The predicted octanol–water partition coefficient (Wildman–Crippen LogP) is 1.69. The first-order valence-electron chi connectivity index (χ1n) is 6.55. The van der Waals surface area contributed by atoms with E-state index in [4.69, 9.17) is 4.74 Å². The lowest BCUT2D eigenvalue weighted by molar-refractivity contribution is 0.327. The summed E-state index contributed by atoms with van der Waals surface area (Å²) in [7, 11) is 1.63. The Labute approximate surface area is 109 Å². The fourth-order valence-electron chi connectivity index (χ4n) is 2.42. The lowest BCUT2D eigenvalue weighted by Crippen LogP contribution is -2.33. The zero-order valence-electron chi connectivity index (χ0n) is 11.4. The molecule has 1 aromatic rings. The van der Waals surface area contributed by atoms with Crippen LogP contribution in [0.2, 0.25) is 0 Å². The fourth-order valence-corrected chi connectivity index (χ4v) is 2.42. The summed E-state index contributed by atoms with van der Waals surface area (Å²) >= 11 is 0. The van der Waals surface area contributed by atoms with Crippen molar-refractivity contribution in [3.63, 3.8) is 0 Å². The second-order valence-electron chi connectivity index (χ2n) is 4.91. The summed E-state index contributed by atoms with van der Waals surface area (Å²) in [6.07, 6.45) is 4.19. The van der Waals surface area contributed by atoms with Crippen molar-refractivity contribution in [1.82, 2.24) is 14.9 Å². The van der Waals surface area contributed by atoms with Gasteiger partial charge in [-0.15, -0.1) is 0 Å². The molecule has 1 aliphatic heterocycles. The second-order valence-corrected chi connectivity index (χ2v) is 4.91. The van der Waals surface area contributed by atoms with Crippen LogP contribution in [0.15, 0.2) is 6.33 Å². The van der Waals surface area contributed by atoms with Crippen LogP contribution < -0.4 is 10.1 Å². The molecule has 0 radical (unpaired) electrons. The van der Waals surface area contributed by atoms with Gasteiger partial charge in [0.25, 0.3) is 0 Å². The molecule has 0 bridgehead atoms. The van der Waals surface area contributed by atoms with Crippen LogP contribution in [0.5, 0.6) is 5.88 Å². The molecule has 0 spiro atoms. The summed E-state index contributed by atoms with van der Waals surface area (Å²) in [5.74, 6) is 1.51. The number of rotatable bonds is 5. The standard InChI is InChI=1S/C13H22N4O/c1-10(8-17-6-4-5-7-17)16-12-11(2)13(18-3)15-9-14-12/h9-10H,4-8H2,1-3H3,(H,14,15,16). The Bertz CT molecular complexity index is 391. The first-order chi connectivity index (χ1) is 8.70. The lowest BCUT2D eigenvalue weighted by Gasteiger charge is -2.22. The molecule has 1 aromatic heterocycles. The highest BCUT2D eigenvalue weighted by molar-refractivity contribution is 5.48. The van der Waals surface area contributed by atoms with E-state index in [1.807, 2.05) is 6.92 Å². The van der Waals surface area contributed by atoms with Crippen molar-refractivity contribution in [2.75, 3.05) is 32.1 Å². The molecule has 1 N–H and O–H groups in total. The number of hydrogen-bond acceptors (Lipinski definition) is 5. The number of nitrogens with zero attached hydrogens (tertiary/aromatic N) is 3. The third-order valence-corrected chi connectivity index (χ3v) is 3.35. The minimum absolute atomic E-state index is 0.376. The van der Waals surface area contributed by atoms with E-state index in [1.54, 1.807) is 7.11 Å². The van der Waals surface area contributed by atoms with Crippen LogP contribution in [0.4, 0.5) is 5.82 Å². The fraction of sp³-hybridized carbons (Fsp3) is 0.692. The van der Waals surface area contributed by atoms with Gasteiger partial charge in [0.15, 0.2) is 0 Å². The molecule has 1 unspecified atom stereocenters. The van der Waals surface area contributed by atoms with Gasteiger partial charge in [0.2, 0.25) is 5.88 Å². The van der Waals surface area contributed by atoms with Crippen molar-refractivity contribution in [2.45, 2.75) is 32.7 Å². The van der Waals surface area contributed by atoms with Crippen molar-refractivity contribution in [1.29, 1.82) is 0 Å². The van der Waals surface area contributed by atoms with E-state index < -0.39 is 0 Å². The van der Waals surface area contributed by atoms with Crippen molar-refractivity contribution in [3.05, 3.63) is 11.9 Å². The molecule has 1 fully saturated rings. The number of ether oxygens (including phenoxy) is 1. The SMILES string of the molecule is COc1ncnc(NC(C)CN2CCCC2)c1C. The smallest absolute Gasteiger partial charge is 0.221 e. The highest BCUT2D eigenvalue weighted by atomic mass is 16.5. The highest BCUT2D eigenvalue weighted by Gasteiger charge is 2.16. The minimum Gasteiger partial charge on any atom is -0.481 e. The Balaban J connectivity index is 1.95. The monoisotopic (exact) mass is 250 g/mol. The number of methoxy groups -OCH3 is 1. The van der Waals surface area contributed by atoms with E-state index in [0.717, 1.165) is 17.9 Å². The molecule has 1 saturated heterocycles. The average molecular weight is 250 g/mol. The first kappa shape index (κ1) is 13.1. The molecule has 0 aromatic carbocycles. The van der Waals surface area contributed by atoms with Crippen LogP contribution >= 0.6 is 0 Å². The molecule has 18 heavy (non-hydrogen) atoms. The number of nitrogens with one attached hydrogen (secondary N) is 1. The lowest BCUT2D eigenvalue weighted by atomic mass is 10.2. The molecule has 5 heteroatoms. The van der Waals surface area contributed by atoms with Gasteiger partial charge in [-0.3, -0.25) is 0 Å². The number of anilines is 1. The number of hydrogen-bond donors (Lipinski definition) is 1. The average Bonchev–Trinajstić information content (AvgIpc) is 2.84. The molecule has 0 saturated carbocycles. The summed E-state index contributed by atoms with van der Waals surface area (Å²) in [4.78, 5) is 10.9. The Hall–Kier alpha value is -1.36. The Morgan fingerprint density at radius 1 is 1.39 bits per heavy atom. The van der Waals surface area contributed by atoms with Crippen molar-refractivity contribution >= 4 is 5.82 Å². The Kier molecular flexibility index (Phi) is 4.36. The van der Waals surface area contributed by atoms with E-state index in [2.05, 4.69) is 27.1 Å². The van der Waals surface area contributed by atoms with Crippen molar-refractivity contribution in [3.8, 4) is 5.88 Å². The number of likely N-dealkylation sites (tertiary alicyclic amines) is 1. The zero-order chi connectivity index (χ0) is 13.0. The van der Waals surface area contributed by atoms with Gasteiger partial charge in [-0.2, -0.15) is 0 Å². The maximum Gasteiger partial charge on any atom is 0.221 e. The summed E-state index contributed by atoms with van der Waals surface area (Å²) in [5, 5.41) is 3.44. The summed E-state index contributed by atoms with van der Waals surface area (Å²) in [6, 6.07) is 0.376. The summed E-state index contributed by atoms with van der Waals surface area (Å²) in [6.45, 7) is 7.66. The maximum absolute atomic E-state index is 5.20. The third-order valence-electron chi connectivity index (χ3n) is 3.35. The minimum atomic E-state index is 0.376. The molecular weight excluding hydrogens is 228 g/mol. The Morgan fingerprint density at radius 3 is 2.78 bits per heavy atom. The Morgan fingerprint density at radius 2 is 2.11 bits per heavy atom. The van der Waals surface area contributed by atoms with Crippen LogP contribution in [0.1, 0.15) is 25.3 Å². The largest absolute Gasteiger partial charge is 0.481 e. The van der Waals surface area contributed by atoms with Crippen LogP contribution in [0.25, 0.3) is 0 Å². The molecule has 100 valence electrons. The third kappa shape index (κ3) is 3.10. The van der Waals surface area contributed by atoms with E-state index in [9.17, 15) is 0 Å². The van der Waals surface area contributed by atoms with Crippen LogP contribution in [-0.2, 0) is 0 Å². The molecular formula is C13H22N4O. The van der Waals surface area contributed by atoms with Gasteiger partial charge < -0.3 is 15.0 Å². The molecule has 1 atom stereocenters. The van der Waals surface area contributed by atoms with Crippen LogP contribution in [0, 0.1) is 6.92 Å². The first-order valence-corrected chi connectivity index (χ1v) is 6.55. The van der Waals surface area contributed by atoms with Gasteiger partial charge in [-0.25, -0.2) is 9.97 Å². The van der Waals surface area contributed by atoms with Gasteiger partial charge >= 0.3 is 0 Å². The summed E-state index contributed by atoms with van der Waals surface area (Å²) < 4.78 is 5.20. The van der Waals surface area contributed by atoms with E-state index in [-0.39, 0.29) is 0 Å². The molecule has 1 aliphatic rings. The normalized spacial score (nSPS) is 17.7. The van der Waals surface area contributed by atoms with Crippen LogP contribution in [0.3, 0.4) is 0 Å². The van der Waals surface area contributed by atoms with Gasteiger partial charge in [0, 0.05) is 12.6 Å². The van der Waals surface area contributed by atoms with E-state index in [0.29, 0.717) is 11.9 Å². The van der Waals surface area contributed by atoms with Gasteiger partial charge in [-0.1, -0.05) is 0 Å². The van der Waals surface area contributed by atoms with Gasteiger partial charge in [0.1, 0.15) is 12.1 Å². The molecule has 0 aliphatic carbocycles. The van der Waals surface area contributed by atoms with Crippen molar-refractivity contribution in [2.24, 2.45) is 0 Å².